The third-order valence-electron chi connectivity index (χ3n) is 4.15. The number of nitrogens with zero attached hydrogens (tertiary/aromatic N) is 1. The van der Waals surface area contributed by atoms with Gasteiger partial charge in [0.15, 0.2) is 11.5 Å². The van der Waals surface area contributed by atoms with Gasteiger partial charge in [0.2, 0.25) is 0 Å². The Hall–Kier alpha value is -2.81. The van der Waals surface area contributed by atoms with Gasteiger partial charge in [-0.2, -0.15) is 8.42 Å². The van der Waals surface area contributed by atoms with Crippen molar-refractivity contribution in [1.82, 2.24) is 4.90 Å². The summed E-state index contributed by atoms with van der Waals surface area (Å²) in [6, 6.07) is 10.00. The third kappa shape index (κ3) is 6.08. The van der Waals surface area contributed by atoms with Crippen LogP contribution in [0.4, 0.5) is 14.9 Å². The molecule has 2 amide bonds. The van der Waals surface area contributed by atoms with Crippen molar-refractivity contribution in [3.05, 3.63) is 53.8 Å². The summed E-state index contributed by atoms with van der Waals surface area (Å²) in [7, 11) is -2.34. The zero-order valence-corrected chi connectivity index (χ0v) is 17.6. The number of halogens is 1. The lowest BCUT2D eigenvalue weighted by Gasteiger charge is -2.27. The number of rotatable bonds is 8. The second kappa shape index (κ2) is 9.60. The predicted molar refractivity (Wildman–Crippen MR) is 109 cm³/mol. The number of benzene rings is 2. The van der Waals surface area contributed by atoms with Crippen molar-refractivity contribution in [2.75, 3.05) is 18.2 Å². The molecule has 0 aliphatic rings. The minimum Gasteiger partial charge on any atom is -0.493 e. The van der Waals surface area contributed by atoms with Crippen molar-refractivity contribution in [3.63, 3.8) is 0 Å². The molecule has 2 aromatic carbocycles. The molecule has 0 fully saturated rings. The predicted octanol–water partition coefficient (Wildman–Crippen LogP) is 4.01. The summed E-state index contributed by atoms with van der Waals surface area (Å²) in [6.45, 7) is 5.27. The fourth-order valence-electron chi connectivity index (χ4n) is 2.52. The zero-order valence-electron chi connectivity index (χ0n) is 16.8. The third-order valence-corrected chi connectivity index (χ3v) is 5.29. The first-order valence-electron chi connectivity index (χ1n) is 9.08. The van der Waals surface area contributed by atoms with Crippen molar-refractivity contribution < 1.29 is 26.5 Å². The minimum absolute atomic E-state index is 0.0464. The molecule has 29 heavy (non-hydrogen) atoms. The van der Waals surface area contributed by atoms with E-state index in [-0.39, 0.29) is 35.5 Å². The molecule has 0 saturated carbocycles. The van der Waals surface area contributed by atoms with E-state index in [1.165, 1.54) is 43.2 Å². The molecule has 158 valence electrons. The van der Waals surface area contributed by atoms with Crippen molar-refractivity contribution in [3.8, 4) is 11.5 Å². The maximum Gasteiger partial charge on any atom is 0.322 e. The largest absolute Gasteiger partial charge is 0.493 e. The van der Waals surface area contributed by atoms with E-state index in [0.29, 0.717) is 5.56 Å². The first-order chi connectivity index (χ1) is 13.7. The van der Waals surface area contributed by atoms with Gasteiger partial charge in [-0.1, -0.05) is 18.2 Å². The van der Waals surface area contributed by atoms with Crippen molar-refractivity contribution in [2.24, 2.45) is 0 Å². The van der Waals surface area contributed by atoms with E-state index in [0.717, 1.165) is 0 Å². The monoisotopic (exact) mass is 424 g/mol. The average molecular weight is 424 g/mol. The summed E-state index contributed by atoms with van der Waals surface area (Å²) >= 11 is 0. The smallest absolute Gasteiger partial charge is 0.322 e. The average Bonchev–Trinajstić information content (AvgIpc) is 2.67. The second-order valence-electron chi connectivity index (χ2n) is 6.55. The molecule has 0 spiro atoms. The van der Waals surface area contributed by atoms with E-state index < -0.39 is 22.0 Å². The molecule has 9 heteroatoms. The molecule has 2 aromatic rings. The number of hydrogen-bond donors (Lipinski definition) is 1. The van der Waals surface area contributed by atoms with E-state index in [9.17, 15) is 17.6 Å². The van der Waals surface area contributed by atoms with Crippen molar-refractivity contribution in [1.29, 1.82) is 0 Å². The molecule has 0 unspecified atom stereocenters. The standard InChI is InChI=1S/C20H25FN2O5S/c1-5-29(25,26)28-19-12-15(10-11-18(19)27-4)13-23(14(2)3)20(24)22-17-9-7-6-8-16(17)21/h6-12,14H,5,13H2,1-4H3,(H,22,24). The summed E-state index contributed by atoms with van der Waals surface area (Å²) in [5.41, 5.74) is 0.709. The number of methoxy groups -OCH3 is 1. The van der Waals surface area contributed by atoms with Crippen LogP contribution in [0, 0.1) is 5.82 Å². The summed E-state index contributed by atoms with van der Waals surface area (Å²) < 4.78 is 47.8. The van der Waals surface area contributed by atoms with Crippen LogP contribution in [0.1, 0.15) is 26.3 Å². The van der Waals surface area contributed by atoms with E-state index in [1.54, 1.807) is 18.2 Å². The van der Waals surface area contributed by atoms with Gasteiger partial charge in [-0.3, -0.25) is 0 Å². The maximum absolute atomic E-state index is 13.8. The molecule has 0 radical (unpaired) electrons. The normalized spacial score (nSPS) is 11.2. The van der Waals surface area contributed by atoms with Gasteiger partial charge in [0.1, 0.15) is 5.82 Å². The van der Waals surface area contributed by atoms with Gasteiger partial charge >= 0.3 is 16.1 Å². The van der Waals surface area contributed by atoms with Crippen molar-refractivity contribution in [2.45, 2.75) is 33.4 Å². The van der Waals surface area contributed by atoms with Gasteiger partial charge in [0, 0.05) is 12.6 Å². The van der Waals surface area contributed by atoms with E-state index in [4.69, 9.17) is 8.92 Å². The summed E-state index contributed by atoms with van der Waals surface area (Å²) in [5, 5.41) is 2.56. The lowest BCUT2D eigenvalue weighted by Crippen LogP contribution is -2.39. The van der Waals surface area contributed by atoms with E-state index in [2.05, 4.69) is 5.32 Å². The van der Waals surface area contributed by atoms with Crippen LogP contribution in [0.25, 0.3) is 0 Å². The SMILES string of the molecule is CCS(=O)(=O)Oc1cc(CN(C(=O)Nc2ccccc2F)C(C)C)ccc1OC. The highest BCUT2D eigenvalue weighted by Crippen LogP contribution is 2.30. The first-order valence-corrected chi connectivity index (χ1v) is 10.7. The fourth-order valence-corrected chi connectivity index (χ4v) is 3.04. The molecule has 0 aliphatic heterocycles. The quantitative estimate of drug-likeness (QED) is 0.648. The number of carbonyl (C=O) groups excluding carboxylic acids is 1. The van der Waals surface area contributed by atoms with Crippen LogP contribution in [0.3, 0.4) is 0 Å². The highest BCUT2D eigenvalue weighted by molar-refractivity contribution is 7.87. The van der Waals surface area contributed by atoms with Gasteiger partial charge in [-0.25, -0.2) is 9.18 Å². The summed E-state index contributed by atoms with van der Waals surface area (Å²) in [5.74, 6) is -0.416. The van der Waals surface area contributed by atoms with E-state index in [1.807, 2.05) is 13.8 Å². The molecule has 7 nitrogen and oxygen atoms in total. The minimum atomic E-state index is -3.74. The number of ether oxygens (including phenoxy) is 1. The Labute approximate surface area is 170 Å². The zero-order chi connectivity index (χ0) is 21.6. The first kappa shape index (κ1) is 22.5. The Morgan fingerprint density at radius 1 is 1.17 bits per heavy atom. The number of amides is 2. The summed E-state index contributed by atoms with van der Waals surface area (Å²) in [4.78, 5) is 14.2. The topological polar surface area (TPSA) is 84.9 Å². The molecule has 2 rings (SSSR count). The molecule has 0 aliphatic carbocycles. The van der Waals surface area contributed by atoms with Crippen LogP contribution >= 0.6 is 0 Å². The highest BCUT2D eigenvalue weighted by Gasteiger charge is 2.20. The van der Waals surface area contributed by atoms with Gasteiger partial charge in [-0.05, 0) is 50.6 Å². The molecular formula is C20H25FN2O5S. The number of para-hydroxylation sites is 1. The number of anilines is 1. The summed E-state index contributed by atoms with van der Waals surface area (Å²) in [6.07, 6.45) is 0. The maximum atomic E-state index is 13.8. The van der Waals surface area contributed by atoms with Gasteiger partial charge < -0.3 is 19.1 Å². The van der Waals surface area contributed by atoms with Crippen LogP contribution in [0.15, 0.2) is 42.5 Å². The van der Waals surface area contributed by atoms with E-state index >= 15 is 0 Å². The molecule has 0 bridgehead atoms. The Balaban J connectivity index is 2.26. The fraction of sp³-hybridized carbons (Fsp3) is 0.350. The van der Waals surface area contributed by atoms with Crippen LogP contribution in [-0.4, -0.2) is 38.3 Å². The van der Waals surface area contributed by atoms with Crippen LogP contribution in [0.2, 0.25) is 0 Å². The number of hydrogen-bond acceptors (Lipinski definition) is 5. The Morgan fingerprint density at radius 2 is 1.86 bits per heavy atom. The molecular weight excluding hydrogens is 399 g/mol. The molecule has 0 saturated heterocycles. The lowest BCUT2D eigenvalue weighted by molar-refractivity contribution is 0.193. The number of carbonyl (C=O) groups is 1. The van der Waals surface area contributed by atoms with Crippen LogP contribution < -0.4 is 14.2 Å². The van der Waals surface area contributed by atoms with Crippen LogP contribution in [-0.2, 0) is 16.7 Å². The Bertz CT molecular complexity index is 963. The highest BCUT2D eigenvalue weighted by atomic mass is 32.2. The number of urea groups is 1. The Morgan fingerprint density at radius 3 is 2.45 bits per heavy atom. The molecule has 0 atom stereocenters. The van der Waals surface area contributed by atoms with Crippen molar-refractivity contribution >= 4 is 21.8 Å². The second-order valence-corrected chi connectivity index (χ2v) is 8.41. The van der Waals surface area contributed by atoms with Gasteiger partial charge in [-0.15, -0.1) is 0 Å². The lowest BCUT2D eigenvalue weighted by atomic mass is 10.1. The Kier molecular flexibility index (Phi) is 7.44. The molecule has 0 aromatic heterocycles. The molecule has 0 heterocycles. The van der Waals surface area contributed by atoms with Crippen LogP contribution in [0.5, 0.6) is 11.5 Å². The number of nitrogens with one attached hydrogen (secondary N) is 1. The molecule has 1 N–H and O–H groups in total. The van der Waals surface area contributed by atoms with Gasteiger partial charge in [0.25, 0.3) is 0 Å². The van der Waals surface area contributed by atoms with Gasteiger partial charge in [0.05, 0.1) is 18.6 Å².